The van der Waals surface area contributed by atoms with E-state index in [0.29, 0.717) is 22.9 Å². The fourth-order valence-corrected chi connectivity index (χ4v) is 1.48. The summed E-state index contributed by atoms with van der Waals surface area (Å²) in [6.07, 6.45) is 0. The third kappa shape index (κ3) is 2.40. The number of ether oxygens (including phenoxy) is 2. The summed E-state index contributed by atoms with van der Waals surface area (Å²) in [6, 6.07) is 5.13. The molecule has 1 aromatic heterocycles. The number of hydrogen-bond acceptors (Lipinski definition) is 6. The normalized spacial score (nSPS) is 10.1. The number of rotatable bonds is 3. The van der Waals surface area contributed by atoms with Gasteiger partial charge in [-0.15, -0.1) is 0 Å². The maximum atomic E-state index is 11.2. The van der Waals surface area contributed by atoms with Crippen molar-refractivity contribution >= 4 is 5.95 Å². The molecule has 0 atom stereocenters. The van der Waals surface area contributed by atoms with E-state index < -0.39 is 5.69 Å². The SMILES string of the molecule is COc1cc(OC)cc(-c2nc(N)nc(=O)[nH]2)c1. The highest BCUT2D eigenvalue weighted by atomic mass is 16.5. The molecule has 0 aliphatic heterocycles. The van der Waals surface area contributed by atoms with Gasteiger partial charge in [0.1, 0.15) is 17.3 Å². The molecule has 18 heavy (non-hydrogen) atoms. The van der Waals surface area contributed by atoms with Gasteiger partial charge in [-0.1, -0.05) is 0 Å². The highest BCUT2D eigenvalue weighted by Crippen LogP contribution is 2.27. The summed E-state index contributed by atoms with van der Waals surface area (Å²) in [5.41, 5.74) is 5.50. The van der Waals surface area contributed by atoms with Crippen LogP contribution >= 0.6 is 0 Å². The zero-order valence-electron chi connectivity index (χ0n) is 9.93. The first kappa shape index (κ1) is 11.9. The quantitative estimate of drug-likeness (QED) is 0.816. The van der Waals surface area contributed by atoms with Crippen molar-refractivity contribution < 1.29 is 9.47 Å². The maximum Gasteiger partial charge on any atom is 0.349 e. The lowest BCUT2D eigenvalue weighted by Gasteiger charge is -2.07. The van der Waals surface area contributed by atoms with Crippen LogP contribution in [0, 0.1) is 0 Å². The van der Waals surface area contributed by atoms with Gasteiger partial charge in [-0.2, -0.15) is 9.97 Å². The third-order valence-electron chi connectivity index (χ3n) is 2.29. The molecule has 0 spiro atoms. The minimum Gasteiger partial charge on any atom is -0.497 e. The molecule has 3 N–H and O–H groups in total. The Morgan fingerprint density at radius 2 is 1.72 bits per heavy atom. The van der Waals surface area contributed by atoms with Crippen molar-refractivity contribution in [3.05, 3.63) is 28.7 Å². The Morgan fingerprint density at radius 1 is 1.11 bits per heavy atom. The molecule has 0 amide bonds. The van der Waals surface area contributed by atoms with E-state index in [-0.39, 0.29) is 5.95 Å². The maximum absolute atomic E-state index is 11.2. The second-order valence-corrected chi connectivity index (χ2v) is 3.46. The monoisotopic (exact) mass is 248 g/mol. The number of nitrogens with one attached hydrogen (secondary N) is 1. The number of nitrogens with two attached hydrogens (primary N) is 1. The summed E-state index contributed by atoms with van der Waals surface area (Å²) in [6.45, 7) is 0. The van der Waals surface area contributed by atoms with E-state index in [2.05, 4.69) is 15.0 Å². The van der Waals surface area contributed by atoms with Crippen LogP contribution in [0.15, 0.2) is 23.0 Å². The lowest BCUT2D eigenvalue weighted by atomic mass is 10.2. The van der Waals surface area contributed by atoms with Crippen molar-refractivity contribution in [1.29, 1.82) is 0 Å². The molecule has 2 rings (SSSR count). The first-order valence-corrected chi connectivity index (χ1v) is 5.09. The van der Waals surface area contributed by atoms with Crippen molar-refractivity contribution in [3.8, 4) is 22.9 Å². The van der Waals surface area contributed by atoms with Crippen LogP contribution in [-0.2, 0) is 0 Å². The van der Waals surface area contributed by atoms with Gasteiger partial charge in [-0.05, 0) is 12.1 Å². The van der Waals surface area contributed by atoms with E-state index in [4.69, 9.17) is 15.2 Å². The molecule has 0 aliphatic carbocycles. The van der Waals surface area contributed by atoms with E-state index >= 15 is 0 Å². The molecule has 0 fully saturated rings. The molecule has 0 saturated heterocycles. The van der Waals surface area contributed by atoms with E-state index in [1.165, 1.54) is 14.2 Å². The summed E-state index contributed by atoms with van der Waals surface area (Å²) in [4.78, 5) is 21.1. The van der Waals surface area contributed by atoms with Gasteiger partial charge in [0.25, 0.3) is 0 Å². The third-order valence-corrected chi connectivity index (χ3v) is 2.29. The van der Waals surface area contributed by atoms with Crippen LogP contribution in [0.3, 0.4) is 0 Å². The molecule has 94 valence electrons. The number of nitrogens with zero attached hydrogens (tertiary/aromatic N) is 2. The lowest BCUT2D eigenvalue weighted by Crippen LogP contribution is -2.15. The molecule has 7 nitrogen and oxygen atoms in total. The van der Waals surface area contributed by atoms with Crippen molar-refractivity contribution in [2.45, 2.75) is 0 Å². The average Bonchev–Trinajstić information content (AvgIpc) is 2.37. The molecular formula is C11H12N4O3. The fraction of sp³-hybridized carbons (Fsp3) is 0.182. The van der Waals surface area contributed by atoms with Crippen LogP contribution in [0.5, 0.6) is 11.5 Å². The van der Waals surface area contributed by atoms with Crippen LogP contribution in [0.25, 0.3) is 11.4 Å². The molecule has 0 bridgehead atoms. The van der Waals surface area contributed by atoms with Crippen molar-refractivity contribution in [2.75, 3.05) is 20.0 Å². The predicted molar refractivity (Wildman–Crippen MR) is 65.6 cm³/mol. The minimum absolute atomic E-state index is 0.0875. The first-order valence-electron chi connectivity index (χ1n) is 5.09. The first-order chi connectivity index (χ1) is 8.62. The second kappa shape index (κ2) is 4.74. The standard InChI is InChI=1S/C11H12N4O3/c1-17-7-3-6(4-8(5-7)18-2)9-13-10(12)15-11(16)14-9/h3-5H,1-2H3,(H3,12,13,14,15,16). The average molecular weight is 248 g/mol. The van der Waals surface area contributed by atoms with Crippen LogP contribution in [0.1, 0.15) is 0 Å². The zero-order valence-corrected chi connectivity index (χ0v) is 9.93. The number of benzene rings is 1. The molecule has 0 unspecified atom stereocenters. The van der Waals surface area contributed by atoms with E-state index in [9.17, 15) is 4.79 Å². The summed E-state index contributed by atoms with van der Waals surface area (Å²) in [5, 5.41) is 0. The largest absolute Gasteiger partial charge is 0.497 e. The van der Waals surface area contributed by atoms with E-state index in [0.717, 1.165) is 0 Å². The number of hydrogen-bond donors (Lipinski definition) is 2. The zero-order chi connectivity index (χ0) is 13.1. The highest BCUT2D eigenvalue weighted by molar-refractivity contribution is 5.61. The van der Waals surface area contributed by atoms with Crippen molar-refractivity contribution in [1.82, 2.24) is 15.0 Å². The van der Waals surface area contributed by atoms with Gasteiger partial charge in [0.2, 0.25) is 5.95 Å². The van der Waals surface area contributed by atoms with Crippen molar-refractivity contribution in [2.24, 2.45) is 0 Å². The van der Waals surface area contributed by atoms with Gasteiger partial charge in [0.15, 0.2) is 0 Å². The summed E-state index contributed by atoms with van der Waals surface area (Å²) < 4.78 is 10.3. The topological polar surface area (TPSA) is 103 Å². The Kier molecular flexibility index (Phi) is 3.13. The Balaban J connectivity index is 2.58. The summed E-state index contributed by atoms with van der Waals surface area (Å²) >= 11 is 0. The van der Waals surface area contributed by atoms with Gasteiger partial charge >= 0.3 is 5.69 Å². The molecule has 1 heterocycles. The van der Waals surface area contributed by atoms with Crippen LogP contribution < -0.4 is 20.9 Å². The van der Waals surface area contributed by atoms with Gasteiger partial charge in [0, 0.05) is 11.6 Å². The van der Waals surface area contributed by atoms with Gasteiger partial charge < -0.3 is 15.2 Å². The van der Waals surface area contributed by atoms with Crippen LogP contribution in [0.4, 0.5) is 5.95 Å². The number of nitrogen functional groups attached to an aromatic ring is 1. The highest BCUT2D eigenvalue weighted by Gasteiger charge is 2.07. The van der Waals surface area contributed by atoms with Crippen molar-refractivity contribution in [3.63, 3.8) is 0 Å². The lowest BCUT2D eigenvalue weighted by molar-refractivity contribution is 0.394. The summed E-state index contributed by atoms with van der Waals surface area (Å²) in [5.74, 6) is 1.39. The predicted octanol–water partition coefficient (Wildman–Crippen LogP) is 0.431. The number of aromatic nitrogens is 3. The Morgan fingerprint density at radius 3 is 2.22 bits per heavy atom. The number of H-pyrrole nitrogens is 1. The van der Waals surface area contributed by atoms with Gasteiger partial charge in [0.05, 0.1) is 14.2 Å². The Labute approximate surface area is 103 Å². The van der Waals surface area contributed by atoms with Gasteiger partial charge in [-0.3, -0.25) is 4.98 Å². The number of methoxy groups -OCH3 is 2. The molecule has 2 aromatic rings. The molecule has 0 radical (unpaired) electrons. The van der Waals surface area contributed by atoms with E-state index in [1.807, 2.05) is 0 Å². The molecule has 0 aliphatic rings. The molecule has 0 saturated carbocycles. The van der Waals surface area contributed by atoms with Crippen LogP contribution in [0.2, 0.25) is 0 Å². The van der Waals surface area contributed by atoms with E-state index in [1.54, 1.807) is 18.2 Å². The second-order valence-electron chi connectivity index (χ2n) is 3.46. The fourth-order valence-electron chi connectivity index (χ4n) is 1.48. The van der Waals surface area contributed by atoms with Crippen LogP contribution in [-0.4, -0.2) is 29.2 Å². The minimum atomic E-state index is -0.556. The molecule has 7 heteroatoms. The summed E-state index contributed by atoms with van der Waals surface area (Å²) in [7, 11) is 3.07. The smallest absolute Gasteiger partial charge is 0.349 e. The Bertz CT molecular complexity index is 602. The number of anilines is 1. The molecular weight excluding hydrogens is 236 g/mol. The number of aromatic amines is 1. The van der Waals surface area contributed by atoms with Gasteiger partial charge in [-0.25, -0.2) is 4.79 Å². The molecule has 1 aromatic carbocycles. The Hall–Kier alpha value is -2.57.